The smallest absolute Gasteiger partial charge is 0.155 e. The molecule has 1 nitrogen and oxygen atoms in total. The van der Waals surface area contributed by atoms with Gasteiger partial charge < -0.3 is 0 Å². The summed E-state index contributed by atoms with van der Waals surface area (Å²) in [4.78, 5) is 12.1. The number of carbonyl (C=O) groups is 1. The first-order valence-corrected chi connectivity index (χ1v) is 13.4. The number of hydrogen-bond acceptors (Lipinski definition) is 1. The predicted octanol–water partition coefficient (Wildman–Crippen LogP) is 8.23. The highest BCUT2D eigenvalue weighted by Crippen LogP contribution is 2.67. The molecule has 0 heterocycles. The first kappa shape index (κ1) is 22.6. The van der Waals surface area contributed by atoms with Crippen molar-refractivity contribution in [1.82, 2.24) is 0 Å². The van der Waals surface area contributed by atoms with Crippen molar-refractivity contribution < 1.29 is 4.79 Å². The molecule has 0 saturated heterocycles. The molecule has 4 aliphatic rings. The van der Waals surface area contributed by atoms with Gasteiger partial charge >= 0.3 is 0 Å². The maximum Gasteiger partial charge on any atom is 0.155 e. The highest BCUT2D eigenvalue weighted by Gasteiger charge is 2.59. The van der Waals surface area contributed by atoms with Crippen molar-refractivity contribution in [1.29, 1.82) is 0 Å². The van der Waals surface area contributed by atoms with E-state index in [0.717, 1.165) is 54.3 Å². The van der Waals surface area contributed by atoms with E-state index in [1.165, 1.54) is 63.4 Å². The van der Waals surface area contributed by atoms with E-state index in [1.54, 1.807) is 0 Å². The molecule has 0 aromatic carbocycles. The molecule has 0 radical (unpaired) electrons. The van der Waals surface area contributed by atoms with E-state index < -0.39 is 0 Å². The van der Waals surface area contributed by atoms with Gasteiger partial charge in [-0.05, 0) is 110 Å². The maximum atomic E-state index is 12.1. The molecule has 0 spiro atoms. The Morgan fingerprint density at radius 3 is 2.43 bits per heavy atom. The van der Waals surface area contributed by atoms with Crippen molar-refractivity contribution in [2.75, 3.05) is 0 Å². The number of fused-ring (bicyclic) bond motifs is 5. The van der Waals surface area contributed by atoms with Crippen molar-refractivity contribution in [2.45, 2.75) is 112 Å². The lowest BCUT2D eigenvalue weighted by Crippen LogP contribution is -2.51. The van der Waals surface area contributed by atoms with Crippen molar-refractivity contribution >= 4 is 5.78 Å². The fourth-order valence-corrected chi connectivity index (χ4v) is 9.22. The summed E-state index contributed by atoms with van der Waals surface area (Å²) in [5, 5.41) is 0. The zero-order valence-corrected chi connectivity index (χ0v) is 20.8. The summed E-state index contributed by atoms with van der Waals surface area (Å²) in [6, 6.07) is 0. The molecule has 3 saturated carbocycles. The number of carbonyl (C=O) groups excluding carboxylic acids is 1. The van der Waals surface area contributed by atoms with Gasteiger partial charge in [-0.25, -0.2) is 0 Å². The Morgan fingerprint density at radius 2 is 1.73 bits per heavy atom. The summed E-state index contributed by atoms with van der Waals surface area (Å²) >= 11 is 0. The van der Waals surface area contributed by atoms with Crippen molar-refractivity contribution in [3.63, 3.8) is 0 Å². The summed E-state index contributed by atoms with van der Waals surface area (Å²) in [6.45, 7) is 15.0. The molecule has 170 valence electrons. The standard InChI is InChI=1S/C29H48O/c1-7-21(19(2)3)9-8-20(4)25-12-13-26-24-11-10-22-18-23(30)14-16-28(22,5)27(24)15-17-29(25,26)6/h18-21,24-27H,7-17H2,1-6H3/t20?,21?,24?,25?,26?,27?,28-,29+/m0/s1. The van der Waals surface area contributed by atoms with E-state index in [1.807, 2.05) is 0 Å². The van der Waals surface area contributed by atoms with Crippen LogP contribution >= 0.6 is 0 Å². The zero-order chi connectivity index (χ0) is 21.7. The van der Waals surface area contributed by atoms with Crippen molar-refractivity contribution in [3.8, 4) is 0 Å². The summed E-state index contributed by atoms with van der Waals surface area (Å²) in [7, 11) is 0. The van der Waals surface area contributed by atoms with E-state index in [9.17, 15) is 4.79 Å². The second kappa shape index (κ2) is 8.40. The number of rotatable bonds is 6. The van der Waals surface area contributed by atoms with Crippen LogP contribution in [0.2, 0.25) is 0 Å². The van der Waals surface area contributed by atoms with E-state index in [0.29, 0.717) is 16.6 Å². The SMILES string of the molecule is CCC(CCC(C)C1CCC2C3CCC4=CC(=O)CC[C@]4(C)C3CC[C@]12C)C(C)C. The minimum Gasteiger partial charge on any atom is -0.295 e. The van der Waals surface area contributed by atoms with Crippen LogP contribution in [-0.4, -0.2) is 5.78 Å². The van der Waals surface area contributed by atoms with Crippen LogP contribution in [0, 0.1) is 52.3 Å². The molecule has 0 aromatic heterocycles. The fourth-order valence-electron chi connectivity index (χ4n) is 9.22. The molecule has 4 rings (SSSR count). The molecular weight excluding hydrogens is 364 g/mol. The van der Waals surface area contributed by atoms with E-state index in [-0.39, 0.29) is 0 Å². The summed E-state index contributed by atoms with van der Waals surface area (Å²) in [6.07, 6.45) is 16.5. The van der Waals surface area contributed by atoms with Crippen LogP contribution in [0.25, 0.3) is 0 Å². The molecule has 0 bridgehead atoms. The highest BCUT2D eigenvalue weighted by molar-refractivity contribution is 5.91. The number of hydrogen-bond donors (Lipinski definition) is 0. The monoisotopic (exact) mass is 412 g/mol. The molecule has 0 aromatic rings. The van der Waals surface area contributed by atoms with Gasteiger partial charge in [-0.3, -0.25) is 4.79 Å². The average molecular weight is 413 g/mol. The number of ketones is 1. The molecule has 8 atom stereocenters. The van der Waals surface area contributed by atoms with Crippen LogP contribution in [0.5, 0.6) is 0 Å². The summed E-state index contributed by atoms with van der Waals surface area (Å²) < 4.78 is 0. The van der Waals surface area contributed by atoms with Crippen LogP contribution in [0.1, 0.15) is 112 Å². The van der Waals surface area contributed by atoms with E-state index in [4.69, 9.17) is 0 Å². The minimum atomic E-state index is 0.327. The van der Waals surface area contributed by atoms with Gasteiger partial charge in [0.15, 0.2) is 5.78 Å². The molecular formula is C29H48O. The Hall–Kier alpha value is -0.590. The zero-order valence-electron chi connectivity index (χ0n) is 20.8. The largest absolute Gasteiger partial charge is 0.295 e. The van der Waals surface area contributed by atoms with Gasteiger partial charge in [-0.15, -0.1) is 0 Å². The topological polar surface area (TPSA) is 17.1 Å². The van der Waals surface area contributed by atoms with Gasteiger partial charge in [0.1, 0.15) is 0 Å². The quantitative estimate of drug-likeness (QED) is 0.429. The molecule has 3 fully saturated rings. The first-order valence-electron chi connectivity index (χ1n) is 13.4. The Bertz CT molecular complexity index is 674. The highest BCUT2D eigenvalue weighted by atomic mass is 16.1. The molecule has 1 heteroatoms. The van der Waals surface area contributed by atoms with Gasteiger partial charge in [0.05, 0.1) is 0 Å². The Kier molecular flexibility index (Phi) is 6.33. The van der Waals surface area contributed by atoms with E-state index in [2.05, 4.69) is 47.6 Å². The third-order valence-corrected chi connectivity index (χ3v) is 11.2. The predicted molar refractivity (Wildman–Crippen MR) is 127 cm³/mol. The molecule has 4 aliphatic carbocycles. The van der Waals surface area contributed by atoms with Gasteiger partial charge in [-0.2, -0.15) is 0 Å². The van der Waals surface area contributed by atoms with Crippen LogP contribution in [0.15, 0.2) is 11.6 Å². The first-order chi connectivity index (χ1) is 14.2. The lowest BCUT2D eigenvalue weighted by Gasteiger charge is -2.58. The van der Waals surface area contributed by atoms with Gasteiger partial charge in [-0.1, -0.05) is 60.0 Å². The van der Waals surface area contributed by atoms with Gasteiger partial charge in [0.25, 0.3) is 0 Å². The fraction of sp³-hybridized carbons (Fsp3) is 0.897. The molecule has 0 aliphatic heterocycles. The Morgan fingerprint density at radius 1 is 0.967 bits per heavy atom. The van der Waals surface area contributed by atoms with Crippen LogP contribution in [0.4, 0.5) is 0 Å². The Balaban J connectivity index is 1.48. The maximum absolute atomic E-state index is 12.1. The lowest BCUT2D eigenvalue weighted by atomic mass is 9.46. The molecule has 30 heavy (non-hydrogen) atoms. The normalized spacial score (nSPS) is 42.9. The second-order valence-corrected chi connectivity index (χ2v) is 12.7. The van der Waals surface area contributed by atoms with Gasteiger partial charge in [0.2, 0.25) is 0 Å². The number of allylic oxidation sites excluding steroid dienone is 1. The van der Waals surface area contributed by atoms with Crippen molar-refractivity contribution in [2.24, 2.45) is 52.3 Å². The van der Waals surface area contributed by atoms with Gasteiger partial charge in [0, 0.05) is 6.42 Å². The van der Waals surface area contributed by atoms with Crippen LogP contribution < -0.4 is 0 Å². The Labute approximate surface area is 186 Å². The van der Waals surface area contributed by atoms with E-state index >= 15 is 0 Å². The third kappa shape index (κ3) is 3.65. The lowest BCUT2D eigenvalue weighted by molar-refractivity contribution is -0.117. The summed E-state index contributed by atoms with van der Waals surface area (Å²) in [5.41, 5.74) is 2.42. The van der Waals surface area contributed by atoms with Crippen LogP contribution in [-0.2, 0) is 4.79 Å². The average Bonchev–Trinajstić information content (AvgIpc) is 3.06. The van der Waals surface area contributed by atoms with Crippen LogP contribution in [0.3, 0.4) is 0 Å². The minimum absolute atomic E-state index is 0.327. The second-order valence-electron chi connectivity index (χ2n) is 12.7. The van der Waals surface area contributed by atoms with Crippen molar-refractivity contribution in [3.05, 3.63) is 11.6 Å². The molecule has 0 amide bonds. The third-order valence-electron chi connectivity index (χ3n) is 11.2. The molecule has 0 N–H and O–H groups in total. The molecule has 6 unspecified atom stereocenters. The summed E-state index contributed by atoms with van der Waals surface area (Å²) in [5.74, 6) is 6.63.